The number of Topliss-reactive ketones (excluding diaryl/α,β-unsaturated/α-hetero) is 1. The number of halogens is 1. The van der Waals surface area contributed by atoms with Crippen LogP contribution in [0.4, 0.5) is 0 Å². The highest BCUT2D eigenvalue weighted by Gasteiger charge is 2.45. The van der Waals surface area contributed by atoms with Crippen molar-refractivity contribution in [3.63, 3.8) is 0 Å². The number of carbonyl (C=O) groups is 2. The molecule has 0 aliphatic carbocycles. The first-order chi connectivity index (χ1) is 15.0. The van der Waals surface area contributed by atoms with Gasteiger partial charge >= 0.3 is 0 Å². The minimum atomic E-state index is -0.752. The first-order valence-corrected chi connectivity index (χ1v) is 10.7. The molecule has 0 spiro atoms. The van der Waals surface area contributed by atoms with Gasteiger partial charge in [-0.1, -0.05) is 28.1 Å². The minimum absolute atomic E-state index is 0.0265. The van der Waals surface area contributed by atoms with Crippen molar-refractivity contribution < 1.29 is 29.3 Å². The lowest BCUT2D eigenvalue weighted by Gasteiger charge is -2.25. The molecule has 2 N–H and O–H groups in total. The average molecular weight is 490 g/mol. The maximum atomic E-state index is 12.9. The fraction of sp³-hybridized carbons (Fsp3) is 0.304. The van der Waals surface area contributed by atoms with Gasteiger partial charge in [0.25, 0.3) is 11.7 Å². The molecule has 7 nitrogen and oxygen atoms in total. The van der Waals surface area contributed by atoms with Crippen LogP contribution < -0.4 is 4.74 Å². The van der Waals surface area contributed by atoms with Crippen LogP contribution in [-0.2, 0) is 14.3 Å². The number of hydrogen-bond acceptors (Lipinski definition) is 6. The fourth-order valence-corrected chi connectivity index (χ4v) is 3.73. The lowest BCUT2D eigenvalue weighted by Crippen LogP contribution is -2.33. The van der Waals surface area contributed by atoms with Crippen LogP contribution in [0.1, 0.15) is 24.1 Å². The second kappa shape index (κ2) is 10.6. The molecule has 0 aromatic heterocycles. The molecule has 0 saturated carbocycles. The van der Waals surface area contributed by atoms with Crippen LogP contribution in [0.3, 0.4) is 0 Å². The van der Waals surface area contributed by atoms with Crippen LogP contribution in [0.25, 0.3) is 5.76 Å². The lowest BCUT2D eigenvalue weighted by molar-refractivity contribution is -0.140. The van der Waals surface area contributed by atoms with Crippen LogP contribution in [-0.4, -0.2) is 59.8 Å². The zero-order valence-corrected chi connectivity index (χ0v) is 18.7. The molecule has 0 radical (unpaired) electrons. The van der Waals surface area contributed by atoms with Crippen LogP contribution >= 0.6 is 15.9 Å². The number of ether oxygens (including phenoxy) is 2. The van der Waals surface area contributed by atoms with E-state index in [1.54, 1.807) is 36.4 Å². The molecule has 8 heteroatoms. The molecule has 31 heavy (non-hydrogen) atoms. The highest BCUT2D eigenvalue weighted by Crippen LogP contribution is 2.39. The third-order valence-corrected chi connectivity index (χ3v) is 5.41. The predicted octanol–water partition coefficient (Wildman–Crippen LogP) is 3.28. The van der Waals surface area contributed by atoms with Crippen molar-refractivity contribution in [2.24, 2.45) is 0 Å². The van der Waals surface area contributed by atoms with E-state index in [4.69, 9.17) is 14.6 Å². The van der Waals surface area contributed by atoms with E-state index >= 15 is 0 Å². The number of nitrogens with zero attached hydrogens (tertiary/aromatic N) is 1. The first kappa shape index (κ1) is 23.0. The highest BCUT2D eigenvalue weighted by atomic mass is 79.9. The molecule has 1 amide bonds. The van der Waals surface area contributed by atoms with Crippen LogP contribution in [0.15, 0.2) is 58.6 Å². The molecule has 1 fully saturated rings. The second-order valence-corrected chi connectivity index (χ2v) is 7.75. The Labute approximate surface area is 189 Å². The molecule has 1 heterocycles. The van der Waals surface area contributed by atoms with Crippen molar-refractivity contribution in [1.82, 2.24) is 4.90 Å². The summed E-state index contributed by atoms with van der Waals surface area (Å²) < 4.78 is 11.6. The molecule has 2 aromatic carbocycles. The molecule has 0 bridgehead atoms. The second-order valence-electron chi connectivity index (χ2n) is 6.84. The number of rotatable bonds is 9. The first-order valence-electron chi connectivity index (χ1n) is 9.93. The summed E-state index contributed by atoms with van der Waals surface area (Å²) in [6.45, 7) is 2.69. The standard InChI is InChI=1S/C23H24BrNO6/c1-2-31-18-9-5-16(6-10-18)21(27)19-20(15-3-7-17(24)8-4-15)25(23(29)22(19)28)11-13-30-14-12-26/h3-10,20,26-27H,2,11-14H2,1H3/b21-19-. The Morgan fingerprint density at radius 3 is 2.35 bits per heavy atom. The number of aliphatic hydroxyl groups is 2. The Bertz CT molecular complexity index is 955. The topological polar surface area (TPSA) is 96.3 Å². The molecule has 1 saturated heterocycles. The summed E-state index contributed by atoms with van der Waals surface area (Å²) in [4.78, 5) is 27.1. The molecule has 1 aliphatic rings. The number of benzene rings is 2. The molecule has 1 unspecified atom stereocenters. The van der Waals surface area contributed by atoms with E-state index in [0.29, 0.717) is 23.5 Å². The summed E-state index contributed by atoms with van der Waals surface area (Å²) in [5.41, 5.74) is 1.13. The monoisotopic (exact) mass is 489 g/mol. The Morgan fingerprint density at radius 2 is 1.74 bits per heavy atom. The molecule has 3 rings (SSSR count). The van der Waals surface area contributed by atoms with Crippen molar-refractivity contribution in [3.8, 4) is 5.75 Å². The summed E-state index contributed by atoms with van der Waals surface area (Å²) in [7, 11) is 0. The third-order valence-electron chi connectivity index (χ3n) is 4.88. The number of amides is 1. The van der Waals surface area contributed by atoms with Gasteiger partial charge in [-0.25, -0.2) is 0 Å². The van der Waals surface area contributed by atoms with Crippen molar-refractivity contribution in [1.29, 1.82) is 0 Å². The predicted molar refractivity (Wildman–Crippen MR) is 119 cm³/mol. The Morgan fingerprint density at radius 1 is 1.06 bits per heavy atom. The van der Waals surface area contributed by atoms with Gasteiger partial charge in [0.05, 0.1) is 38.0 Å². The van der Waals surface area contributed by atoms with Crippen molar-refractivity contribution in [2.45, 2.75) is 13.0 Å². The third kappa shape index (κ3) is 5.15. The summed E-state index contributed by atoms with van der Waals surface area (Å²) in [6.07, 6.45) is 0. The van der Waals surface area contributed by atoms with E-state index in [0.717, 1.165) is 4.47 Å². The Hall–Kier alpha value is -2.68. The summed E-state index contributed by atoms with van der Waals surface area (Å²) >= 11 is 3.39. The normalized spacial score (nSPS) is 17.9. The van der Waals surface area contributed by atoms with Crippen molar-refractivity contribution in [3.05, 3.63) is 69.7 Å². The van der Waals surface area contributed by atoms with E-state index in [2.05, 4.69) is 15.9 Å². The van der Waals surface area contributed by atoms with E-state index in [1.807, 2.05) is 19.1 Å². The number of ketones is 1. The molecule has 164 valence electrons. The average Bonchev–Trinajstić information content (AvgIpc) is 3.02. The molecular weight excluding hydrogens is 466 g/mol. The molecule has 1 aliphatic heterocycles. The van der Waals surface area contributed by atoms with Gasteiger partial charge in [0.1, 0.15) is 11.5 Å². The maximum Gasteiger partial charge on any atom is 0.295 e. The van der Waals surface area contributed by atoms with Gasteiger partial charge in [0.2, 0.25) is 0 Å². The van der Waals surface area contributed by atoms with Crippen molar-refractivity contribution >= 4 is 33.4 Å². The lowest BCUT2D eigenvalue weighted by atomic mass is 9.95. The fourth-order valence-electron chi connectivity index (χ4n) is 3.46. The SMILES string of the molecule is CCOc1ccc(/C(O)=C2/C(=O)C(=O)N(CCOCCO)C2c2ccc(Br)cc2)cc1. The van der Waals surface area contributed by atoms with Gasteiger partial charge in [-0.05, 0) is 48.9 Å². The zero-order chi connectivity index (χ0) is 22.4. The maximum absolute atomic E-state index is 12.9. The van der Waals surface area contributed by atoms with E-state index in [-0.39, 0.29) is 37.7 Å². The quantitative estimate of drug-likeness (QED) is 0.243. The summed E-state index contributed by atoms with van der Waals surface area (Å²) in [5.74, 6) is -1.05. The van der Waals surface area contributed by atoms with Gasteiger partial charge in [0.15, 0.2) is 0 Å². The van der Waals surface area contributed by atoms with E-state index < -0.39 is 17.7 Å². The largest absolute Gasteiger partial charge is 0.507 e. The van der Waals surface area contributed by atoms with Crippen LogP contribution in [0.2, 0.25) is 0 Å². The molecular formula is C23H24BrNO6. The molecule has 2 aromatic rings. The van der Waals surface area contributed by atoms with E-state index in [1.165, 1.54) is 4.90 Å². The Kier molecular flexibility index (Phi) is 7.84. The van der Waals surface area contributed by atoms with Gasteiger partial charge < -0.3 is 24.6 Å². The van der Waals surface area contributed by atoms with Gasteiger partial charge in [-0.3, -0.25) is 9.59 Å². The summed E-state index contributed by atoms with van der Waals surface area (Å²) in [5, 5.41) is 19.9. The Balaban J connectivity index is 2.02. The highest BCUT2D eigenvalue weighted by molar-refractivity contribution is 9.10. The zero-order valence-electron chi connectivity index (χ0n) is 17.1. The number of aliphatic hydroxyl groups excluding tert-OH is 2. The number of hydrogen-bond donors (Lipinski definition) is 2. The van der Waals surface area contributed by atoms with Gasteiger partial charge in [-0.15, -0.1) is 0 Å². The van der Waals surface area contributed by atoms with E-state index in [9.17, 15) is 14.7 Å². The van der Waals surface area contributed by atoms with Crippen LogP contribution in [0.5, 0.6) is 5.75 Å². The van der Waals surface area contributed by atoms with Crippen LogP contribution in [0, 0.1) is 0 Å². The number of likely N-dealkylation sites (tertiary alicyclic amines) is 1. The molecule has 1 atom stereocenters. The van der Waals surface area contributed by atoms with Gasteiger partial charge in [0, 0.05) is 16.6 Å². The van der Waals surface area contributed by atoms with Gasteiger partial charge in [-0.2, -0.15) is 0 Å². The number of carbonyl (C=O) groups excluding carboxylic acids is 2. The minimum Gasteiger partial charge on any atom is -0.507 e. The van der Waals surface area contributed by atoms with Crippen molar-refractivity contribution in [2.75, 3.05) is 33.0 Å². The smallest absolute Gasteiger partial charge is 0.295 e. The summed E-state index contributed by atoms with van der Waals surface area (Å²) in [6, 6.07) is 13.2.